The minimum atomic E-state index is -0.249. The van der Waals surface area contributed by atoms with Crippen LogP contribution in [0.4, 0.5) is 0 Å². The lowest BCUT2D eigenvalue weighted by Gasteiger charge is -2.07. The Kier molecular flexibility index (Phi) is 5.81. The van der Waals surface area contributed by atoms with E-state index >= 15 is 0 Å². The first-order valence-electron chi connectivity index (χ1n) is 6.26. The monoisotopic (exact) mass is 375 g/mol. The van der Waals surface area contributed by atoms with E-state index in [1.54, 1.807) is 19.1 Å². The SMILES string of the molecule is CC(=NNC(=O)Cc1csc(C)n1)c1ccc(Cl)c(Cl)c1Cl. The van der Waals surface area contributed by atoms with Gasteiger partial charge in [-0.05, 0) is 19.9 Å². The maximum Gasteiger partial charge on any atom is 0.246 e. The Bertz CT molecular complexity index is 743. The van der Waals surface area contributed by atoms with Gasteiger partial charge in [0, 0.05) is 10.9 Å². The van der Waals surface area contributed by atoms with Gasteiger partial charge in [0.15, 0.2) is 0 Å². The molecule has 0 saturated heterocycles. The van der Waals surface area contributed by atoms with Crippen LogP contribution in [0, 0.1) is 6.92 Å². The van der Waals surface area contributed by atoms with Gasteiger partial charge in [0.1, 0.15) is 0 Å². The summed E-state index contributed by atoms with van der Waals surface area (Å²) in [7, 11) is 0. The number of carbonyl (C=O) groups is 1. The van der Waals surface area contributed by atoms with Crippen molar-refractivity contribution in [2.45, 2.75) is 20.3 Å². The third-order valence-corrected chi connectivity index (χ3v) is 4.90. The number of hydrogen-bond acceptors (Lipinski definition) is 4. The van der Waals surface area contributed by atoms with E-state index in [4.69, 9.17) is 34.8 Å². The number of hydrogen-bond donors (Lipinski definition) is 1. The number of thiazole rings is 1. The van der Waals surface area contributed by atoms with Crippen molar-refractivity contribution in [3.05, 3.63) is 48.8 Å². The fourth-order valence-electron chi connectivity index (χ4n) is 1.71. The Morgan fingerprint density at radius 1 is 1.32 bits per heavy atom. The van der Waals surface area contributed by atoms with Crippen LogP contribution in [0.15, 0.2) is 22.6 Å². The van der Waals surface area contributed by atoms with Crippen LogP contribution in [0.25, 0.3) is 0 Å². The van der Waals surface area contributed by atoms with Gasteiger partial charge < -0.3 is 0 Å². The standard InChI is InChI=1S/C14H12Cl3N3OS/c1-7(10-3-4-11(15)14(17)13(10)16)19-20-12(21)5-9-6-22-8(2)18-9/h3-4,6H,5H2,1-2H3,(H,20,21). The molecule has 0 aliphatic heterocycles. The van der Waals surface area contributed by atoms with Crippen LogP contribution in [-0.2, 0) is 11.2 Å². The Morgan fingerprint density at radius 2 is 2.05 bits per heavy atom. The summed E-state index contributed by atoms with van der Waals surface area (Å²) >= 11 is 19.5. The second kappa shape index (κ2) is 7.42. The van der Waals surface area contributed by atoms with Crippen LogP contribution in [-0.4, -0.2) is 16.6 Å². The van der Waals surface area contributed by atoms with Crippen molar-refractivity contribution in [1.82, 2.24) is 10.4 Å². The largest absolute Gasteiger partial charge is 0.273 e. The molecule has 0 fully saturated rings. The number of nitrogens with one attached hydrogen (secondary N) is 1. The molecule has 116 valence electrons. The highest BCUT2D eigenvalue weighted by molar-refractivity contribution is 7.09. The van der Waals surface area contributed by atoms with E-state index in [2.05, 4.69) is 15.5 Å². The average Bonchev–Trinajstić information content (AvgIpc) is 2.87. The van der Waals surface area contributed by atoms with Crippen molar-refractivity contribution in [2.75, 3.05) is 0 Å². The van der Waals surface area contributed by atoms with Gasteiger partial charge in [-0.3, -0.25) is 4.79 Å². The molecule has 0 unspecified atom stereocenters. The Hall–Kier alpha value is -1.14. The molecule has 0 saturated carbocycles. The smallest absolute Gasteiger partial charge is 0.246 e. The zero-order valence-electron chi connectivity index (χ0n) is 11.8. The van der Waals surface area contributed by atoms with Gasteiger partial charge in [-0.25, -0.2) is 10.4 Å². The van der Waals surface area contributed by atoms with Crippen molar-refractivity contribution in [2.24, 2.45) is 5.10 Å². The molecule has 0 spiro atoms. The van der Waals surface area contributed by atoms with E-state index in [1.165, 1.54) is 11.3 Å². The lowest BCUT2D eigenvalue weighted by Crippen LogP contribution is -2.21. The highest BCUT2D eigenvalue weighted by atomic mass is 35.5. The van der Waals surface area contributed by atoms with Gasteiger partial charge in [0.05, 0.1) is 37.9 Å². The third kappa shape index (κ3) is 4.20. The molecule has 1 heterocycles. The number of rotatable bonds is 4. The number of nitrogens with zero attached hydrogens (tertiary/aromatic N) is 2. The molecule has 4 nitrogen and oxygen atoms in total. The predicted molar refractivity (Wildman–Crippen MR) is 92.4 cm³/mol. The molecule has 1 aromatic carbocycles. The summed E-state index contributed by atoms with van der Waals surface area (Å²) in [6, 6.07) is 3.33. The number of aryl methyl sites for hydroxylation is 1. The minimum Gasteiger partial charge on any atom is -0.273 e. The predicted octanol–water partition coefficient (Wildman–Crippen LogP) is 4.49. The second-order valence-electron chi connectivity index (χ2n) is 4.49. The molecule has 0 atom stereocenters. The zero-order valence-corrected chi connectivity index (χ0v) is 14.9. The van der Waals surface area contributed by atoms with E-state index in [9.17, 15) is 4.79 Å². The van der Waals surface area contributed by atoms with E-state index in [0.717, 1.165) is 10.7 Å². The normalized spacial score (nSPS) is 11.6. The van der Waals surface area contributed by atoms with Crippen molar-refractivity contribution in [3.63, 3.8) is 0 Å². The molecule has 0 bridgehead atoms. The molecule has 2 aromatic rings. The first kappa shape index (κ1) is 17.2. The Morgan fingerprint density at radius 3 is 2.68 bits per heavy atom. The number of aromatic nitrogens is 1. The second-order valence-corrected chi connectivity index (χ2v) is 6.72. The van der Waals surface area contributed by atoms with Crippen LogP contribution in [0.5, 0.6) is 0 Å². The summed E-state index contributed by atoms with van der Waals surface area (Å²) in [6.45, 7) is 3.61. The minimum absolute atomic E-state index is 0.177. The van der Waals surface area contributed by atoms with Crippen LogP contribution in [0.2, 0.25) is 15.1 Å². The summed E-state index contributed by atoms with van der Waals surface area (Å²) in [4.78, 5) is 16.1. The van der Waals surface area contributed by atoms with Gasteiger partial charge in [0.25, 0.3) is 0 Å². The van der Waals surface area contributed by atoms with Crippen molar-refractivity contribution < 1.29 is 4.79 Å². The maximum atomic E-state index is 11.8. The topological polar surface area (TPSA) is 54.4 Å². The zero-order chi connectivity index (χ0) is 16.3. The Balaban J connectivity index is 2.06. The van der Waals surface area contributed by atoms with Crippen LogP contribution < -0.4 is 5.43 Å². The van der Waals surface area contributed by atoms with E-state index in [-0.39, 0.29) is 17.4 Å². The fourth-order valence-corrected chi connectivity index (χ4v) is 2.99. The van der Waals surface area contributed by atoms with Crippen molar-refractivity contribution >= 4 is 57.8 Å². The summed E-state index contributed by atoms with van der Waals surface area (Å²) in [5.41, 5.74) is 4.35. The third-order valence-electron chi connectivity index (χ3n) is 2.78. The molecule has 1 amide bonds. The van der Waals surface area contributed by atoms with Crippen LogP contribution in [0.3, 0.4) is 0 Å². The van der Waals surface area contributed by atoms with Crippen molar-refractivity contribution in [1.29, 1.82) is 0 Å². The molecule has 0 radical (unpaired) electrons. The van der Waals surface area contributed by atoms with E-state index in [1.807, 2.05) is 12.3 Å². The van der Waals surface area contributed by atoms with Gasteiger partial charge in [0.2, 0.25) is 5.91 Å². The van der Waals surface area contributed by atoms with E-state index in [0.29, 0.717) is 21.3 Å². The highest BCUT2D eigenvalue weighted by Gasteiger charge is 2.11. The van der Waals surface area contributed by atoms with Crippen LogP contribution in [0.1, 0.15) is 23.2 Å². The molecule has 1 N–H and O–H groups in total. The molecule has 2 rings (SSSR count). The van der Waals surface area contributed by atoms with Crippen molar-refractivity contribution in [3.8, 4) is 0 Å². The molecule has 0 aliphatic carbocycles. The number of amides is 1. The number of benzene rings is 1. The van der Waals surface area contributed by atoms with Gasteiger partial charge in [-0.1, -0.05) is 40.9 Å². The van der Waals surface area contributed by atoms with Gasteiger partial charge >= 0.3 is 0 Å². The lowest BCUT2D eigenvalue weighted by atomic mass is 10.1. The summed E-state index contributed by atoms with van der Waals surface area (Å²) in [6.07, 6.45) is 0.177. The maximum absolute atomic E-state index is 11.8. The number of carbonyl (C=O) groups excluding carboxylic acids is 1. The summed E-state index contributed by atoms with van der Waals surface area (Å²) in [5.74, 6) is -0.249. The molecule has 8 heteroatoms. The lowest BCUT2D eigenvalue weighted by molar-refractivity contribution is -0.120. The number of hydrazone groups is 1. The summed E-state index contributed by atoms with van der Waals surface area (Å²) < 4.78 is 0. The molecule has 0 aliphatic rings. The number of halogens is 3. The van der Waals surface area contributed by atoms with Gasteiger partial charge in [-0.2, -0.15) is 5.10 Å². The summed E-state index contributed by atoms with van der Waals surface area (Å²) in [5, 5.41) is 7.74. The first-order chi connectivity index (χ1) is 10.4. The van der Waals surface area contributed by atoms with Gasteiger partial charge in [-0.15, -0.1) is 11.3 Å². The average molecular weight is 377 g/mol. The van der Waals surface area contributed by atoms with Crippen LogP contribution >= 0.6 is 46.1 Å². The van der Waals surface area contributed by atoms with E-state index < -0.39 is 0 Å². The first-order valence-corrected chi connectivity index (χ1v) is 8.28. The quantitative estimate of drug-likeness (QED) is 0.485. The molecular formula is C14H12Cl3N3OS. The Labute approximate surface area is 147 Å². The molecule has 22 heavy (non-hydrogen) atoms. The molecular weight excluding hydrogens is 365 g/mol. The highest BCUT2D eigenvalue weighted by Crippen LogP contribution is 2.32. The fraction of sp³-hybridized carbons (Fsp3) is 0.214. The molecule has 1 aromatic heterocycles.